The van der Waals surface area contributed by atoms with Gasteiger partial charge in [0.15, 0.2) is 0 Å². The van der Waals surface area contributed by atoms with Gasteiger partial charge in [-0.3, -0.25) is 9.69 Å². The molecule has 108 valence electrons. The number of amides is 1. The highest BCUT2D eigenvalue weighted by molar-refractivity contribution is 6.44. The summed E-state index contributed by atoms with van der Waals surface area (Å²) in [5, 5.41) is 12.6. The molecule has 0 bridgehead atoms. The van der Waals surface area contributed by atoms with E-state index in [1.54, 1.807) is 45.3 Å². The van der Waals surface area contributed by atoms with Gasteiger partial charge in [0.2, 0.25) is 0 Å². The highest BCUT2D eigenvalue weighted by atomic mass is 16.5. The number of carbonyl (C=O) groups excluding carboxylic acids is 1. The summed E-state index contributed by atoms with van der Waals surface area (Å²) in [6, 6.07) is 6.96. The quantitative estimate of drug-likeness (QED) is 0.625. The molecule has 5 nitrogen and oxygen atoms in total. The van der Waals surface area contributed by atoms with Gasteiger partial charge >= 0.3 is 5.91 Å². The lowest BCUT2D eigenvalue weighted by atomic mass is 9.98. The van der Waals surface area contributed by atoms with Gasteiger partial charge in [-0.05, 0) is 24.3 Å². The molecule has 0 spiro atoms. The molecule has 0 N–H and O–H groups in total. The van der Waals surface area contributed by atoms with Crippen molar-refractivity contribution in [2.75, 3.05) is 14.2 Å². The van der Waals surface area contributed by atoms with Crippen LogP contribution in [0.3, 0.4) is 0 Å². The van der Waals surface area contributed by atoms with Crippen molar-refractivity contribution in [3.05, 3.63) is 35.0 Å². The number of hydroxylamine groups is 1. The van der Waals surface area contributed by atoms with Gasteiger partial charge in [0, 0.05) is 19.9 Å². The van der Waals surface area contributed by atoms with Crippen molar-refractivity contribution >= 4 is 11.6 Å². The van der Waals surface area contributed by atoms with E-state index in [4.69, 9.17) is 4.74 Å². The molecule has 0 unspecified atom stereocenters. The highest BCUT2D eigenvalue weighted by Gasteiger charge is 2.54. The number of methoxy groups -OCH3 is 1. The van der Waals surface area contributed by atoms with E-state index in [0.717, 1.165) is 4.74 Å². The first kappa shape index (κ1) is 14.4. The Morgan fingerprint density at radius 2 is 1.85 bits per heavy atom. The van der Waals surface area contributed by atoms with Crippen molar-refractivity contribution in [1.29, 1.82) is 0 Å². The first-order chi connectivity index (χ1) is 9.33. The average Bonchev–Trinajstić information content (AvgIpc) is 2.61. The smallest absolute Gasteiger partial charge is 0.325 e. The Balaban J connectivity index is 2.53. The summed E-state index contributed by atoms with van der Waals surface area (Å²) in [6.07, 6.45) is 0. The molecule has 0 saturated heterocycles. The van der Waals surface area contributed by atoms with Gasteiger partial charge in [0.05, 0.1) is 12.7 Å². The van der Waals surface area contributed by atoms with Crippen LogP contribution in [-0.4, -0.2) is 41.1 Å². The lowest BCUT2D eigenvalue weighted by Crippen LogP contribution is -2.51. The zero-order valence-electron chi connectivity index (χ0n) is 12.5. The van der Waals surface area contributed by atoms with Crippen molar-refractivity contribution in [3.8, 4) is 5.75 Å². The Morgan fingerprint density at radius 3 is 2.25 bits per heavy atom. The fourth-order valence-electron chi connectivity index (χ4n) is 2.43. The molecule has 1 aromatic rings. The predicted molar refractivity (Wildman–Crippen MR) is 76.7 cm³/mol. The van der Waals surface area contributed by atoms with Crippen LogP contribution in [0.25, 0.3) is 0 Å². The molecule has 1 amide bonds. The SMILES string of the molecule is COc1ccc(C2=[N+]([O-])[C@@](C)(C(C)C)N(C)C2=O)cc1. The van der Waals surface area contributed by atoms with Crippen molar-refractivity contribution in [3.63, 3.8) is 0 Å². The standard InChI is InChI=1S/C15H20N2O3/c1-10(2)15(3)16(4)14(18)13(17(15)19)11-6-8-12(20-5)9-7-11/h6-10H,1-5H3/t15-/m0/s1. The van der Waals surface area contributed by atoms with Crippen LogP contribution in [0.1, 0.15) is 26.3 Å². The van der Waals surface area contributed by atoms with Crippen LogP contribution in [0.5, 0.6) is 5.75 Å². The molecule has 1 aromatic carbocycles. The summed E-state index contributed by atoms with van der Waals surface area (Å²) in [5.41, 5.74) is -0.0554. The molecule has 2 rings (SSSR count). The van der Waals surface area contributed by atoms with Crippen molar-refractivity contribution in [1.82, 2.24) is 4.90 Å². The minimum atomic E-state index is -0.855. The van der Waals surface area contributed by atoms with E-state index in [2.05, 4.69) is 0 Å². The van der Waals surface area contributed by atoms with Gasteiger partial charge in [-0.2, -0.15) is 4.74 Å². The summed E-state index contributed by atoms with van der Waals surface area (Å²) in [6.45, 7) is 5.66. The van der Waals surface area contributed by atoms with Crippen LogP contribution in [0, 0.1) is 11.1 Å². The lowest BCUT2D eigenvalue weighted by molar-refractivity contribution is -0.570. The number of ether oxygens (including phenoxy) is 1. The fourth-order valence-corrected chi connectivity index (χ4v) is 2.43. The second-order valence-corrected chi connectivity index (χ2v) is 5.48. The average molecular weight is 276 g/mol. The molecule has 1 aliphatic heterocycles. The zero-order valence-corrected chi connectivity index (χ0v) is 12.5. The van der Waals surface area contributed by atoms with Gasteiger partial charge < -0.3 is 9.94 Å². The highest BCUT2D eigenvalue weighted by Crippen LogP contribution is 2.31. The topological polar surface area (TPSA) is 55.6 Å². The molecule has 0 radical (unpaired) electrons. The van der Waals surface area contributed by atoms with Crippen LogP contribution in [0.15, 0.2) is 24.3 Å². The maximum Gasteiger partial charge on any atom is 0.325 e. The fraction of sp³-hybridized carbons (Fsp3) is 0.467. The Morgan fingerprint density at radius 1 is 1.30 bits per heavy atom. The molecule has 0 aliphatic carbocycles. The number of carbonyl (C=O) groups is 1. The van der Waals surface area contributed by atoms with E-state index >= 15 is 0 Å². The van der Waals surface area contributed by atoms with Crippen LogP contribution in [-0.2, 0) is 4.79 Å². The maximum absolute atomic E-state index is 12.6. The third-order valence-electron chi connectivity index (χ3n) is 4.26. The third-order valence-corrected chi connectivity index (χ3v) is 4.26. The minimum absolute atomic E-state index is 0.0182. The van der Waals surface area contributed by atoms with E-state index in [9.17, 15) is 10.0 Å². The molecule has 0 aromatic heterocycles. The van der Waals surface area contributed by atoms with E-state index < -0.39 is 5.66 Å². The molecule has 1 aliphatic rings. The van der Waals surface area contributed by atoms with Crippen LogP contribution >= 0.6 is 0 Å². The number of rotatable bonds is 3. The zero-order chi connectivity index (χ0) is 15.1. The molecular formula is C15H20N2O3. The summed E-state index contributed by atoms with van der Waals surface area (Å²) in [7, 11) is 3.25. The minimum Gasteiger partial charge on any atom is -0.621 e. The van der Waals surface area contributed by atoms with Gasteiger partial charge in [-0.25, -0.2) is 0 Å². The Bertz CT molecular complexity index is 563. The Hall–Kier alpha value is -2.04. The van der Waals surface area contributed by atoms with Gasteiger partial charge in [0.25, 0.3) is 11.4 Å². The van der Waals surface area contributed by atoms with Crippen molar-refractivity contribution in [2.45, 2.75) is 26.4 Å². The first-order valence-corrected chi connectivity index (χ1v) is 6.61. The first-order valence-electron chi connectivity index (χ1n) is 6.61. The molecular weight excluding hydrogens is 256 g/mol. The third kappa shape index (κ3) is 1.85. The van der Waals surface area contributed by atoms with E-state index in [-0.39, 0.29) is 17.5 Å². The van der Waals surface area contributed by atoms with Crippen LogP contribution in [0.2, 0.25) is 0 Å². The van der Waals surface area contributed by atoms with Gasteiger partial charge in [-0.15, -0.1) is 0 Å². The van der Waals surface area contributed by atoms with Crippen molar-refractivity contribution < 1.29 is 14.3 Å². The summed E-state index contributed by atoms with van der Waals surface area (Å²) < 4.78 is 5.92. The Labute approximate surface area is 119 Å². The van der Waals surface area contributed by atoms with Gasteiger partial charge in [-0.1, -0.05) is 13.8 Å². The molecule has 20 heavy (non-hydrogen) atoms. The van der Waals surface area contributed by atoms with Crippen LogP contribution in [0.4, 0.5) is 0 Å². The molecule has 5 heteroatoms. The largest absolute Gasteiger partial charge is 0.621 e. The summed E-state index contributed by atoms with van der Waals surface area (Å²) in [4.78, 5) is 13.9. The monoisotopic (exact) mass is 276 g/mol. The maximum atomic E-state index is 12.6. The number of nitrogens with zero attached hydrogens (tertiary/aromatic N) is 2. The van der Waals surface area contributed by atoms with E-state index in [1.165, 1.54) is 4.90 Å². The number of hydrogen-bond donors (Lipinski definition) is 0. The lowest BCUT2D eigenvalue weighted by Gasteiger charge is -2.32. The summed E-state index contributed by atoms with van der Waals surface area (Å²) in [5.74, 6) is 0.461. The van der Waals surface area contributed by atoms with Gasteiger partial charge in [0.1, 0.15) is 5.75 Å². The normalized spacial score (nSPS) is 22.9. The molecule has 0 fully saturated rings. The van der Waals surface area contributed by atoms with Crippen molar-refractivity contribution in [2.24, 2.45) is 5.92 Å². The summed E-state index contributed by atoms with van der Waals surface area (Å²) >= 11 is 0. The predicted octanol–water partition coefficient (Wildman–Crippen LogP) is 1.84. The van der Waals surface area contributed by atoms with E-state index in [1.807, 2.05) is 13.8 Å². The van der Waals surface area contributed by atoms with E-state index in [0.29, 0.717) is 11.3 Å². The molecule has 0 saturated carbocycles. The number of benzene rings is 1. The molecule has 1 heterocycles. The second kappa shape index (κ2) is 4.81. The number of hydrogen-bond acceptors (Lipinski definition) is 3. The van der Waals surface area contributed by atoms with Crippen LogP contribution < -0.4 is 4.74 Å². The second-order valence-electron chi connectivity index (χ2n) is 5.48. The Kier molecular flexibility index (Phi) is 3.46. The molecule has 1 atom stereocenters. The number of likely N-dealkylation sites (N-methyl/N-ethyl adjacent to an activating group) is 1.